The standard InChI is InChI=1S/C20H24N6OS/c1-25(2)11-6-10-21-20-23-19-16(13-7-3-4-9-15(13)28-19)18-22-17(24-26(18)20)14-8-5-12-27-14/h5,8,12H,3-4,6-7,9-11H2,1-2H3,(H,21,23). The summed E-state index contributed by atoms with van der Waals surface area (Å²) in [6.07, 6.45) is 7.43. The highest BCUT2D eigenvalue weighted by Crippen LogP contribution is 2.38. The molecule has 7 nitrogen and oxygen atoms in total. The van der Waals surface area contributed by atoms with Crippen LogP contribution in [-0.2, 0) is 12.8 Å². The lowest BCUT2D eigenvalue weighted by Crippen LogP contribution is -2.17. The van der Waals surface area contributed by atoms with Gasteiger partial charge in [-0.2, -0.15) is 4.52 Å². The predicted molar refractivity (Wildman–Crippen MR) is 112 cm³/mol. The number of furan rings is 1. The summed E-state index contributed by atoms with van der Waals surface area (Å²) in [5.41, 5.74) is 2.30. The molecule has 4 aromatic rings. The van der Waals surface area contributed by atoms with E-state index in [-0.39, 0.29) is 0 Å². The molecule has 0 atom stereocenters. The van der Waals surface area contributed by atoms with E-state index in [1.165, 1.54) is 28.7 Å². The monoisotopic (exact) mass is 396 g/mol. The van der Waals surface area contributed by atoms with Gasteiger partial charge in [-0.25, -0.2) is 9.97 Å². The molecule has 8 heteroatoms. The molecular weight excluding hydrogens is 372 g/mol. The van der Waals surface area contributed by atoms with Crippen molar-refractivity contribution in [3.63, 3.8) is 0 Å². The summed E-state index contributed by atoms with van der Waals surface area (Å²) in [4.78, 5) is 14.5. The number of thiophene rings is 1. The van der Waals surface area contributed by atoms with Crippen molar-refractivity contribution < 1.29 is 4.42 Å². The van der Waals surface area contributed by atoms with E-state index in [0.717, 1.165) is 48.8 Å². The fourth-order valence-corrected chi connectivity index (χ4v) is 5.10. The number of fused-ring (bicyclic) bond motifs is 5. The lowest BCUT2D eigenvalue weighted by Gasteiger charge is -2.12. The van der Waals surface area contributed by atoms with E-state index in [4.69, 9.17) is 19.5 Å². The summed E-state index contributed by atoms with van der Waals surface area (Å²) in [6, 6.07) is 3.76. The Morgan fingerprint density at radius 1 is 1.25 bits per heavy atom. The molecule has 0 fully saturated rings. The number of aromatic nitrogens is 4. The number of anilines is 1. The van der Waals surface area contributed by atoms with Crippen LogP contribution >= 0.6 is 11.3 Å². The van der Waals surface area contributed by atoms with Gasteiger partial charge in [0.2, 0.25) is 11.8 Å². The van der Waals surface area contributed by atoms with Crippen LogP contribution in [-0.4, -0.2) is 51.7 Å². The first kappa shape index (κ1) is 17.6. The van der Waals surface area contributed by atoms with E-state index in [1.54, 1.807) is 6.26 Å². The van der Waals surface area contributed by atoms with Crippen molar-refractivity contribution in [1.82, 2.24) is 24.5 Å². The van der Waals surface area contributed by atoms with Crippen molar-refractivity contribution in [1.29, 1.82) is 0 Å². The first-order valence-electron chi connectivity index (χ1n) is 9.84. The van der Waals surface area contributed by atoms with Crippen LogP contribution in [0.25, 0.3) is 27.4 Å². The summed E-state index contributed by atoms with van der Waals surface area (Å²) in [7, 11) is 4.18. The molecule has 0 saturated heterocycles. The highest BCUT2D eigenvalue weighted by atomic mass is 32.1. The molecule has 0 spiro atoms. The Hall–Kier alpha value is -2.45. The average molecular weight is 397 g/mol. The second-order valence-corrected chi connectivity index (χ2v) is 8.64. The molecule has 1 aliphatic carbocycles. The summed E-state index contributed by atoms with van der Waals surface area (Å²) < 4.78 is 7.40. The maximum Gasteiger partial charge on any atom is 0.227 e. The van der Waals surface area contributed by atoms with Crippen LogP contribution in [0.15, 0.2) is 22.8 Å². The highest BCUT2D eigenvalue weighted by molar-refractivity contribution is 7.19. The van der Waals surface area contributed by atoms with Gasteiger partial charge in [-0.05, 0) is 70.4 Å². The molecule has 5 rings (SSSR count). The minimum Gasteiger partial charge on any atom is -0.461 e. The van der Waals surface area contributed by atoms with Gasteiger partial charge in [0.1, 0.15) is 4.83 Å². The summed E-state index contributed by atoms with van der Waals surface area (Å²) in [5.74, 6) is 2.04. The zero-order valence-corrected chi connectivity index (χ0v) is 17.1. The average Bonchev–Trinajstić information content (AvgIpc) is 3.41. The number of nitrogens with one attached hydrogen (secondary N) is 1. The smallest absolute Gasteiger partial charge is 0.227 e. The zero-order chi connectivity index (χ0) is 19.1. The second kappa shape index (κ2) is 7.18. The minimum atomic E-state index is 0.603. The maximum atomic E-state index is 5.54. The number of aryl methyl sites for hydroxylation is 2. The van der Waals surface area contributed by atoms with Crippen molar-refractivity contribution in [2.24, 2.45) is 0 Å². The Morgan fingerprint density at radius 3 is 2.96 bits per heavy atom. The molecule has 1 aliphatic rings. The number of rotatable bonds is 6. The molecule has 0 aliphatic heterocycles. The van der Waals surface area contributed by atoms with Crippen molar-refractivity contribution in [3.05, 3.63) is 28.8 Å². The van der Waals surface area contributed by atoms with Gasteiger partial charge in [-0.1, -0.05) is 0 Å². The summed E-state index contributed by atoms with van der Waals surface area (Å²) in [6.45, 7) is 1.87. The second-order valence-electron chi connectivity index (χ2n) is 7.56. The van der Waals surface area contributed by atoms with E-state index in [1.807, 2.05) is 28.0 Å². The van der Waals surface area contributed by atoms with E-state index >= 15 is 0 Å². The molecular formula is C20H24N6OS. The summed E-state index contributed by atoms with van der Waals surface area (Å²) in [5, 5.41) is 9.37. The zero-order valence-electron chi connectivity index (χ0n) is 16.2. The van der Waals surface area contributed by atoms with Crippen molar-refractivity contribution >= 4 is 33.1 Å². The van der Waals surface area contributed by atoms with Gasteiger partial charge < -0.3 is 14.6 Å². The molecule has 146 valence electrons. The topological polar surface area (TPSA) is 71.5 Å². The van der Waals surface area contributed by atoms with Crippen LogP contribution in [0.2, 0.25) is 0 Å². The van der Waals surface area contributed by atoms with E-state index < -0.39 is 0 Å². The molecule has 0 radical (unpaired) electrons. The van der Waals surface area contributed by atoms with Crippen molar-refractivity contribution in [3.8, 4) is 11.6 Å². The molecule has 4 heterocycles. The van der Waals surface area contributed by atoms with Gasteiger partial charge in [-0.15, -0.1) is 16.4 Å². The van der Waals surface area contributed by atoms with Gasteiger partial charge in [-0.3, -0.25) is 0 Å². The highest BCUT2D eigenvalue weighted by Gasteiger charge is 2.23. The van der Waals surface area contributed by atoms with Crippen LogP contribution in [0.1, 0.15) is 29.7 Å². The van der Waals surface area contributed by atoms with Crippen LogP contribution in [0.5, 0.6) is 0 Å². The molecule has 0 unspecified atom stereocenters. The Balaban J connectivity index is 1.63. The van der Waals surface area contributed by atoms with Gasteiger partial charge in [0.25, 0.3) is 0 Å². The molecule has 0 amide bonds. The fourth-order valence-electron chi connectivity index (χ4n) is 3.85. The molecule has 28 heavy (non-hydrogen) atoms. The predicted octanol–water partition coefficient (Wildman–Crippen LogP) is 3.84. The van der Waals surface area contributed by atoms with E-state index in [2.05, 4.69) is 24.3 Å². The largest absolute Gasteiger partial charge is 0.461 e. The van der Waals surface area contributed by atoms with E-state index in [0.29, 0.717) is 11.6 Å². The Labute approximate surface area is 167 Å². The lowest BCUT2D eigenvalue weighted by atomic mass is 9.97. The third kappa shape index (κ3) is 3.06. The van der Waals surface area contributed by atoms with Crippen LogP contribution in [0.4, 0.5) is 5.95 Å². The Kier molecular flexibility index (Phi) is 4.52. The lowest BCUT2D eigenvalue weighted by molar-refractivity contribution is 0.405. The summed E-state index contributed by atoms with van der Waals surface area (Å²) >= 11 is 1.82. The molecule has 0 bridgehead atoms. The SMILES string of the molecule is CN(C)CCCNc1nc2sc3c(c2c2nc(-c4ccco4)nn12)CCCC3. The van der Waals surface area contributed by atoms with Gasteiger partial charge in [0.15, 0.2) is 11.4 Å². The van der Waals surface area contributed by atoms with Crippen LogP contribution < -0.4 is 5.32 Å². The number of nitrogens with zero attached hydrogens (tertiary/aromatic N) is 5. The van der Waals surface area contributed by atoms with Crippen molar-refractivity contribution in [2.45, 2.75) is 32.1 Å². The first-order chi connectivity index (χ1) is 13.7. The van der Waals surface area contributed by atoms with Crippen molar-refractivity contribution in [2.75, 3.05) is 32.5 Å². The molecule has 0 aromatic carbocycles. The number of hydrogen-bond acceptors (Lipinski definition) is 7. The molecule has 1 N–H and O–H groups in total. The fraction of sp³-hybridized carbons (Fsp3) is 0.450. The molecule has 4 aromatic heterocycles. The maximum absolute atomic E-state index is 5.54. The first-order valence-corrected chi connectivity index (χ1v) is 10.7. The van der Waals surface area contributed by atoms with Gasteiger partial charge in [0, 0.05) is 11.4 Å². The molecule has 0 saturated carbocycles. The normalized spacial score (nSPS) is 14.2. The number of hydrogen-bond donors (Lipinski definition) is 1. The minimum absolute atomic E-state index is 0.603. The van der Waals surface area contributed by atoms with Gasteiger partial charge in [0.05, 0.1) is 11.6 Å². The van der Waals surface area contributed by atoms with Gasteiger partial charge >= 0.3 is 0 Å². The third-order valence-corrected chi connectivity index (χ3v) is 6.38. The quantitative estimate of drug-likeness (QED) is 0.499. The Bertz CT molecular complexity index is 1110. The Morgan fingerprint density at radius 2 is 2.14 bits per heavy atom. The van der Waals surface area contributed by atoms with Crippen LogP contribution in [0.3, 0.4) is 0 Å². The van der Waals surface area contributed by atoms with Crippen LogP contribution in [0, 0.1) is 0 Å². The third-order valence-electron chi connectivity index (χ3n) is 5.20. The van der Waals surface area contributed by atoms with E-state index in [9.17, 15) is 0 Å².